The van der Waals surface area contributed by atoms with Crippen LogP contribution in [0.3, 0.4) is 0 Å². The van der Waals surface area contributed by atoms with E-state index >= 15 is 0 Å². The third-order valence-electron chi connectivity index (χ3n) is 3.11. The summed E-state index contributed by atoms with van der Waals surface area (Å²) in [5.41, 5.74) is 5.16. The van der Waals surface area contributed by atoms with Crippen molar-refractivity contribution in [2.45, 2.75) is 46.8 Å². The van der Waals surface area contributed by atoms with Crippen molar-refractivity contribution < 1.29 is 26.3 Å². The van der Waals surface area contributed by atoms with Crippen molar-refractivity contribution in [3.8, 4) is 0 Å². The summed E-state index contributed by atoms with van der Waals surface area (Å²) >= 11 is 0. The van der Waals surface area contributed by atoms with Crippen LogP contribution in [0.4, 0.5) is 0 Å². The van der Waals surface area contributed by atoms with Crippen LogP contribution >= 0.6 is 10.7 Å². The Labute approximate surface area is 177 Å². The van der Waals surface area contributed by atoms with Crippen LogP contribution in [0.15, 0.2) is 0 Å². The van der Waals surface area contributed by atoms with E-state index in [1.807, 2.05) is 6.92 Å². The van der Waals surface area contributed by atoms with Gasteiger partial charge in [0.25, 0.3) is 0 Å². The van der Waals surface area contributed by atoms with E-state index in [-0.39, 0.29) is 12.2 Å². The Hall–Kier alpha value is -0.0100. The topological polar surface area (TPSA) is 128 Å². The Morgan fingerprint density at radius 3 is 1.36 bits per heavy atom. The maximum Gasteiger partial charge on any atom is 0.229 e. The van der Waals surface area contributed by atoms with Gasteiger partial charge in [0, 0.05) is 38.0 Å². The third-order valence-corrected chi connectivity index (χ3v) is 3.80. The molecule has 0 amide bonds. The number of rotatable bonds is 9. The first-order valence-electron chi connectivity index (χ1n) is 8.93. The molecule has 176 valence electrons. The first kappa shape index (κ1) is 35.4. The van der Waals surface area contributed by atoms with Gasteiger partial charge in [-0.3, -0.25) is 0 Å². The van der Waals surface area contributed by atoms with Crippen LogP contribution in [-0.4, -0.2) is 93.4 Å². The van der Waals surface area contributed by atoms with Gasteiger partial charge in [-0.05, 0) is 33.5 Å². The smallest absolute Gasteiger partial charge is 0.229 e. The van der Waals surface area contributed by atoms with Gasteiger partial charge >= 0.3 is 0 Å². The second-order valence-corrected chi connectivity index (χ2v) is 10.6. The molecular weight excluding hydrogens is 430 g/mol. The number of halogens is 1. The summed E-state index contributed by atoms with van der Waals surface area (Å²) in [6.45, 7) is 14.8. The van der Waals surface area contributed by atoms with Crippen molar-refractivity contribution in [3.63, 3.8) is 0 Å². The molecule has 0 fully saturated rings. The highest BCUT2D eigenvalue weighted by Crippen LogP contribution is 1.85. The van der Waals surface area contributed by atoms with Crippen molar-refractivity contribution in [3.05, 3.63) is 0 Å². The van der Waals surface area contributed by atoms with Crippen LogP contribution in [-0.2, 0) is 28.5 Å². The maximum atomic E-state index is 10.5. The zero-order chi connectivity index (χ0) is 23.4. The van der Waals surface area contributed by atoms with Crippen molar-refractivity contribution >= 4 is 29.8 Å². The second kappa shape index (κ2) is 21.7. The number of hydrogen-bond acceptors (Lipinski definition) is 8. The van der Waals surface area contributed by atoms with E-state index in [4.69, 9.17) is 15.2 Å². The number of hydrogen-bond donors (Lipinski definition) is 2. The van der Waals surface area contributed by atoms with Crippen LogP contribution in [0.5, 0.6) is 0 Å². The van der Waals surface area contributed by atoms with Gasteiger partial charge in [-0.2, -0.15) is 0 Å². The molecule has 0 bridgehead atoms. The van der Waals surface area contributed by atoms with Crippen LogP contribution in [0.2, 0.25) is 0 Å². The molecule has 2 atom stereocenters. The zero-order valence-corrected chi connectivity index (χ0v) is 21.2. The van der Waals surface area contributed by atoms with Crippen LogP contribution in [0, 0.1) is 0 Å². The average molecular weight is 472 g/mol. The molecule has 12 heteroatoms. The van der Waals surface area contributed by atoms with E-state index in [0.29, 0.717) is 13.1 Å². The zero-order valence-electron chi connectivity index (χ0n) is 18.9. The van der Waals surface area contributed by atoms with E-state index < -0.39 is 19.1 Å². The molecule has 0 aliphatic carbocycles. The van der Waals surface area contributed by atoms with Crippen molar-refractivity contribution in [2.24, 2.45) is 5.73 Å². The number of nitrogens with zero attached hydrogens (tertiary/aromatic N) is 1. The number of nitrogens with one attached hydrogen (secondary N) is 1. The fraction of sp³-hybridized carbons (Fsp3) is 1.00. The lowest BCUT2D eigenvalue weighted by Gasteiger charge is -2.13. The molecule has 0 saturated carbocycles. The summed E-state index contributed by atoms with van der Waals surface area (Å²) < 4.78 is 51.7. The SMILES string of the molecule is CCN(CC)CC.COC(C)CN.COC(C)CNS(C)(=O)=O.CS(=O)(=O)Cl. The van der Waals surface area contributed by atoms with E-state index in [0.717, 1.165) is 12.5 Å². The minimum Gasteiger partial charge on any atom is -0.380 e. The van der Waals surface area contributed by atoms with Gasteiger partial charge in [-0.15, -0.1) is 0 Å². The van der Waals surface area contributed by atoms with Gasteiger partial charge in [-0.1, -0.05) is 20.8 Å². The van der Waals surface area contributed by atoms with Gasteiger partial charge < -0.3 is 20.1 Å². The average Bonchev–Trinajstić information content (AvgIpc) is 2.59. The first-order chi connectivity index (χ1) is 12.6. The molecular formula is C16H42ClN3O6S2. The predicted octanol–water partition coefficient (Wildman–Crippen LogP) is 1.08. The number of methoxy groups -OCH3 is 2. The lowest BCUT2D eigenvalue weighted by molar-refractivity contribution is 0.122. The van der Waals surface area contributed by atoms with Crippen molar-refractivity contribution in [1.29, 1.82) is 0 Å². The fourth-order valence-corrected chi connectivity index (χ4v) is 1.66. The Kier molecular flexibility index (Phi) is 27.4. The molecule has 0 spiro atoms. The number of nitrogens with two attached hydrogens (primary N) is 1. The maximum absolute atomic E-state index is 10.5. The van der Waals surface area contributed by atoms with Gasteiger partial charge in [-0.25, -0.2) is 21.6 Å². The normalized spacial score (nSPS) is 13.1. The van der Waals surface area contributed by atoms with Gasteiger partial charge in [0.15, 0.2) is 0 Å². The highest BCUT2D eigenvalue weighted by atomic mass is 35.7. The molecule has 0 aromatic carbocycles. The second-order valence-electron chi connectivity index (χ2n) is 5.75. The summed E-state index contributed by atoms with van der Waals surface area (Å²) in [5.74, 6) is 0. The molecule has 0 heterocycles. The van der Waals surface area contributed by atoms with E-state index in [1.54, 1.807) is 14.0 Å². The monoisotopic (exact) mass is 471 g/mol. The van der Waals surface area contributed by atoms with Gasteiger partial charge in [0.05, 0.1) is 24.7 Å². The summed E-state index contributed by atoms with van der Waals surface area (Å²) in [6, 6.07) is 0. The Bertz CT molecular complexity index is 497. The summed E-state index contributed by atoms with van der Waals surface area (Å²) in [6.07, 6.45) is 2.18. The number of ether oxygens (including phenoxy) is 2. The molecule has 0 radical (unpaired) electrons. The minimum absolute atomic E-state index is 0.0743. The summed E-state index contributed by atoms with van der Waals surface area (Å²) in [7, 11) is 1.44. The molecule has 0 aromatic heterocycles. The minimum atomic E-state index is -3.19. The van der Waals surface area contributed by atoms with E-state index in [2.05, 4.69) is 41.1 Å². The lowest BCUT2D eigenvalue weighted by Crippen LogP contribution is -2.30. The molecule has 9 nitrogen and oxygen atoms in total. The first-order valence-corrected chi connectivity index (χ1v) is 13.5. The fourth-order valence-electron chi connectivity index (χ4n) is 1.12. The molecule has 28 heavy (non-hydrogen) atoms. The Balaban J connectivity index is -0.000000142. The molecule has 0 aromatic rings. The summed E-state index contributed by atoms with van der Waals surface area (Å²) in [5, 5.41) is 0. The summed E-state index contributed by atoms with van der Waals surface area (Å²) in [4.78, 5) is 2.38. The van der Waals surface area contributed by atoms with Crippen LogP contribution in [0.25, 0.3) is 0 Å². The molecule has 0 aliphatic rings. The molecule has 2 unspecified atom stereocenters. The molecule has 0 saturated heterocycles. The van der Waals surface area contributed by atoms with Gasteiger partial charge in [0.2, 0.25) is 19.1 Å². The van der Waals surface area contributed by atoms with E-state index in [1.165, 1.54) is 26.7 Å². The highest BCUT2D eigenvalue weighted by Gasteiger charge is 2.03. The standard InChI is InChI=1S/C6H15N.C5H13NO3S.C4H11NO.CH3ClO2S/c1-4-7(5-2)6-3;1-5(9-2)4-6-10(3,7)8;1-4(3-5)6-2;1-5(2,3)4/h4-6H2,1-3H3;5-6H,4H2,1-3H3;4H,3,5H2,1-2H3;1H3. The van der Waals surface area contributed by atoms with E-state index in [9.17, 15) is 16.8 Å². The molecule has 3 N–H and O–H groups in total. The van der Waals surface area contributed by atoms with Gasteiger partial charge in [0.1, 0.15) is 0 Å². The van der Waals surface area contributed by atoms with Crippen LogP contribution in [0.1, 0.15) is 34.6 Å². The molecule has 0 rings (SSSR count). The molecule has 0 aliphatic heterocycles. The third kappa shape index (κ3) is 50.2. The quantitative estimate of drug-likeness (QED) is 0.478. The Morgan fingerprint density at radius 1 is 0.929 bits per heavy atom. The van der Waals surface area contributed by atoms with Crippen molar-refractivity contribution in [2.75, 3.05) is 59.5 Å². The van der Waals surface area contributed by atoms with Crippen LogP contribution < -0.4 is 10.5 Å². The van der Waals surface area contributed by atoms with Crippen molar-refractivity contribution in [1.82, 2.24) is 9.62 Å². The predicted molar refractivity (Wildman–Crippen MR) is 119 cm³/mol. The number of sulfonamides is 1. The lowest BCUT2D eigenvalue weighted by atomic mass is 10.4. The highest BCUT2D eigenvalue weighted by molar-refractivity contribution is 8.13. The Morgan fingerprint density at radius 2 is 1.25 bits per heavy atom. The largest absolute Gasteiger partial charge is 0.380 e.